The SMILES string of the molecule is NC(=O)C1(NC2CCCC2)CC2CCC1C2. The molecule has 0 aromatic heterocycles. The minimum absolute atomic E-state index is 0.0911. The first-order chi connectivity index (χ1) is 7.71. The van der Waals surface area contributed by atoms with Crippen molar-refractivity contribution in [2.75, 3.05) is 0 Å². The third-order valence-electron chi connectivity index (χ3n) is 5.11. The van der Waals surface area contributed by atoms with Crippen LogP contribution in [-0.4, -0.2) is 17.5 Å². The monoisotopic (exact) mass is 222 g/mol. The second kappa shape index (κ2) is 3.73. The Morgan fingerprint density at radius 1 is 1.19 bits per heavy atom. The van der Waals surface area contributed by atoms with E-state index in [1.54, 1.807) is 0 Å². The van der Waals surface area contributed by atoms with E-state index in [0.717, 1.165) is 12.3 Å². The van der Waals surface area contributed by atoms with Crippen LogP contribution in [0.15, 0.2) is 0 Å². The molecular formula is C13H22N2O. The molecule has 0 radical (unpaired) electrons. The highest BCUT2D eigenvalue weighted by atomic mass is 16.1. The normalized spacial score (nSPS) is 43.0. The Hall–Kier alpha value is -0.570. The summed E-state index contributed by atoms with van der Waals surface area (Å²) in [5.74, 6) is 1.19. The Balaban J connectivity index is 1.78. The number of rotatable bonds is 3. The highest BCUT2D eigenvalue weighted by Crippen LogP contribution is 2.51. The van der Waals surface area contributed by atoms with E-state index < -0.39 is 0 Å². The molecule has 3 nitrogen and oxygen atoms in total. The molecule has 3 aliphatic rings. The van der Waals surface area contributed by atoms with Crippen LogP contribution in [0.2, 0.25) is 0 Å². The molecule has 16 heavy (non-hydrogen) atoms. The summed E-state index contributed by atoms with van der Waals surface area (Å²) in [7, 11) is 0. The van der Waals surface area contributed by atoms with Gasteiger partial charge in [-0.1, -0.05) is 19.3 Å². The van der Waals surface area contributed by atoms with E-state index >= 15 is 0 Å². The zero-order valence-corrected chi connectivity index (χ0v) is 9.87. The van der Waals surface area contributed by atoms with Crippen LogP contribution < -0.4 is 11.1 Å². The topological polar surface area (TPSA) is 55.1 Å². The van der Waals surface area contributed by atoms with E-state index in [9.17, 15) is 4.79 Å². The third kappa shape index (κ3) is 1.48. The molecule has 2 bridgehead atoms. The molecule has 3 saturated carbocycles. The third-order valence-corrected chi connectivity index (χ3v) is 5.11. The van der Waals surface area contributed by atoms with Gasteiger partial charge >= 0.3 is 0 Å². The number of hydrogen-bond donors (Lipinski definition) is 2. The Bertz CT molecular complexity index is 298. The minimum Gasteiger partial charge on any atom is -0.368 e. The maximum atomic E-state index is 11.9. The summed E-state index contributed by atoms with van der Waals surface area (Å²) in [4.78, 5) is 11.9. The van der Waals surface area contributed by atoms with Crippen molar-refractivity contribution >= 4 is 5.91 Å². The first-order valence-corrected chi connectivity index (χ1v) is 6.78. The van der Waals surface area contributed by atoms with Gasteiger partial charge in [0, 0.05) is 6.04 Å². The summed E-state index contributed by atoms with van der Waals surface area (Å²) in [6.45, 7) is 0. The molecule has 0 aromatic carbocycles. The van der Waals surface area contributed by atoms with Crippen LogP contribution in [0.3, 0.4) is 0 Å². The summed E-state index contributed by atoms with van der Waals surface area (Å²) >= 11 is 0. The van der Waals surface area contributed by atoms with E-state index in [0.29, 0.717) is 12.0 Å². The first-order valence-electron chi connectivity index (χ1n) is 6.78. The first kappa shape index (κ1) is 10.6. The molecule has 0 heterocycles. The van der Waals surface area contributed by atoms with E-state index in [1.807, 2.05) is 0 Å². The molecule has 0 saturated heterocycles. The fourth-order valence-electron chi connectivity index (χ4n) is 4.31. The zero-order valence-electron chi connectivity index (χ0n) is 9.87. The summed E-state index contributed by atoms with van der Waals surface area (Å²) < 4.78 is 0. The van der Waals surface area contributed by atoms with E-state index in [4.69, 9.17) is 5.73 Å². The Morgan fingerprint density at radius 3 is 2.44 bits per heavy atom. The van der Waals surface area contributed by atoms with Crippen LogP contribution in [0.4, 0.5) is 0 Å². The van der Waals surface area contributed by atoms with Gasteiger partial charge in [-0.15, -0.1) is 0 Å². The molecule has 3 unspecified atom stereocenters. The largest absolute Gasteiger partial charge is 0.368 e. The smallest absolute Gasteiger partial charge is 0.238 e. The van der Waals surface area contributed by atoms with Crippen LogP contribution in [0.25, 0.3) is 0 Å². The molecule has 3 aliphatic carbocycles. The van der Waals surface area contributed by atoms with Crippen LogP contribution >= 0.6 is 0 Å². The number of nitrogens with two attached hydrogens (primary N) is 1. The van der Waals surface area contributed by atoms with Crippen molar-refractivity contribution < 1.29 is 4.79 Å². The van der Waals surface area contributed by atoms with Gasteiger partial charge in [-0.05, 0) is 43.9 Å². The van der Waals surface area contributed by atoms with Gasteiger partial charge in [-0.25, -0.2) is 0 Å². The molecule has 3 atom stereocenters. The van der Waals surface area contributed by atoms with E-state index in [-0.39, 0.29) is 11.4 Å². The van der Waals surface area contributed by atoms with Gasteiger partial charge < -0.3 is 11.1 Å². The molecule has 3 fully saturated rings. The van der Waals surface area contributed by atoms with E-state index in [1.165, 1.54) is 44.9 Å². The molecule has 0 aromatic rings. The van der Waals surface area contributed by atoms with Crippen molar-refractivity contribution in [1.29, 1.82) is 0 Å². The summed E-state index contributed by atoms with van der Waals surface area (Å²) in [6, 6.07) is 0.548. The molecule has 3 rings (SSSR count). The average molecular weight is 222 g/mol. The van der Waals surface area contributed by atoms with Gasteiger partial charge in [0.25, 0.3) is 0 Å². The van der Waals surface area contributed by atoms with Crippen LogP contribution in [0, 0.1) is 11.8 Å². The van der Waals surface area contributed by atoms with Crippen LogP contribution in [-0.2, 0) is 4.79 Å². The van der Waals surface area contributed by atoms with Crippen molar-refractivity contribution in [2.45, 2.75) is 62.9 Å². The summed E-state index contributed by atoms with van der Waals surface area (Å²) in [5, 5.41) is 3.65. The fourth-order valence-corrected chi connectivity index (χ4v) is 4.31. The van der Waals surface area contributed by atoms with Gasteiger partial charge in [0.15, 0.2) is 0 Å². The van der Waals surface area contributed by atoms with Crippen molar-refractivity contribution in [3.8, 4) is 0 Å². The van der Waals surface area contributed by atoms with Gasteiger partial charge in [-0.3, -0.25) is 4.79 Å². The van der Waals surface area contributed by atoms with Crippen LogP contribution in [0.5, 0.6) is 0 Å². The highest BCUT2D eigenvalue weighted by Gasteiger charge is 2.55. The number of primary amides is 1. The second-order valence-corrected chi connectivity index (χ2v) is 6.04. The number of fused-ring (bicyclic) bond motifs is 2. The summed E-state index contributed by atoms with van der Waals surface area (Å²) in [5.41, 5.74) is 5.36. The van der Waals surface area contributed by atoms with Gasteiger partial charge in [0.1, 0.15) is 5.54 Å². The number of amides is 1. The lowest BCUT2D eigenvalue weighted by Crippen LogP contribution is -2.61. The molecule has 3 heteroatoms. The van der Waals surface area contributed by atoms with Crippen molar-refractivity contribution in [3.63, 3.8) is 0 Å². The fraction of sp³-hybridized carbons (Fsp3) is 0.923. The number of hydrogen-bond acceptors (Lipinski definition) is 2. The van der Waals surface area contributed by atoms with Gasteiger partial charge in [0.05, 0.1) is 0 Å². The Kier molecular flexibility index (Phi) is 2.46. The maximum Gasteiger partial charge on any atom is 0.238 e. The highest BCUT2D eigenvalue weighted by molar-refractivity contribution is 5.85. The number of nitrogens with one attached hydrogen (secondary N) is 1. The molecular weight excluding hydrogens is 200 g/mol. The molecule has 0 spiro atoms. The molecule has 90 valence electrons. The standard InChI is InChI=1S/C13H22N2O/c14-12(16)13(15-11-3-1-2-4-11)8-9-5-6-10(13)7-9/h9-11,15H,1-8H2,(H2,14,16). The number of carbonyl (C=O) groups excluding carboxylic acids is 1. The Morgan fingerprint density at radius 2 is 1.94 bits per heavy atom. The van der Waals surface area contributed by atoms with Gasteiger partial charge in [-0.2, -0.15) is 0 Å². The van der Waals surface area contributed by atoms with Crippen molar-refractivity contribution in [1.82, 2.24) is 5.32 Å². The van der Waals surface area contributed by atoms with Crippen molar-refractivity contribution in [3.05, 3.63) is 0 Å². The molecule has 0 aliphatic heterocycles. The van der Waals surface area contributed by atoms with Gasteiger partial charge in [0.2, 0.25) is 5.91 Å². The zero-order chi connectivity index (χ0) is 11.2. The Labute approximate surface area is 97.2 Å². The second-order valence-electron chi connectivity index (χ2n) is 6.04. The predicted molar refractivity (Wildman–Crippen MR) is 62.8 cm³/mol. The van der Waals surface area contributed by atoms with Crippen molar-refractivity contribution in [2.24, 2.45) is 17.6 Å². The summed E-state index contributed by atoms with van der Waals surface area (Å²) in [6.07, 6.45) is 9.81. The van der Waals surface area contributed by atoms with Crippen LogP contribution in [0.1, 0.15) is 51.4 Å². The van der Waals surface area contributed by atoms with E-state index in [2.05, 4.69) is 5.32 Å². The maximum absolute atomic E-state index is 11.9. The lowest BCUT2D eigenvalue weighted by Gasteiger charge is -2.38. The molecule has 1 amide bonds. The lowest BCUT2D eigenvalue weighted by molar-refractivity contribution is -0.127. The minimum atomic E-state index is -0.335. The lowest BCUT2D eigenvalue weighted by atomic mass is 9.79. The number of carbonyl (C=O) groups is 1. The quantitative estimate of drug-likeness (QED) is 0.761. The molecule has 3 N–H and O–H groups in total. The predicted octanol–water partition coefficient (Wildman–Crippen LogP) is 1.56. The average Bonchev–Trinajstić information content (AvgIpc) is 2.92.